The van der Waals surface area contributed by atoms with Gasteiger partial charge in [-0.05, 0) is 42.2 Å². The summed E-state index contributed by atoms with van der Waals surface area (Å²) in [5, 5.41) is 1.05. The fraction of sp³-hybridized carbons (Fsp3) is 1.00. The van der Waals surface area contributed by atoms with Gasteiger partial charge in [-0.1, -0.05) is 42.5 Å². The Balaban J connectivity index is 2.30. The third kappa shape index (κ3) is 2.18. The highest BCUT2D eigenvalue weighted by Crippen LogP contribution is 2.70. The third-order valence-corrected chi connectivity index (χ3v) is 8.23. The summed E-state index contributed by atoms with van der Waals surface area (Å²) >= 11 is 0. The van der Waals surface area contributed by atoms with Gasteiger partial charge in [-0.2, -0.15) is 0 Å². The summed E-state index contributed by atoms with van der Waals surface area (Å²) in [6.45, 7) is 14.6. The average molecular weight is 242 g/mol. The Bertz CT molecular complexity index is 266. The SMILES string of the molecule is CC1CC2(C)CC(CC(C)P2C(C)(C)C)O1. The molecule has 2 heterocycles. The largest absolute Gasteiger partial charge is 0.375 e. The Morgan fingerprint density at radius 3 is 2.38 bits per heavy atom. The van der Waals surface area contributed by atoms with E-state index in [1.807, 2.05) is 0 Å². The second kappa shape index (κ2) is 3.95. The molecule has 0 spiro atoms. The Labute approximate surface area is 102 Å². The smallest absolute Gasteiger partial charge is 0.0593 e. The van der Waals surface area contributed by atoms with E-state index < -0.39 is 0 Å². The summed E-state index contributed by atoms with van der Waals surface area (Å²) in [5.74, 6) is 0. The monoisotopic (exact) mass is 242 g/mol. The van der Waals surface area contributed by atoms with E-state index in [-0.39, 0.29) is 7.92 Å². The molecule has 0 aliphatic carbocycles. The lowest BCUT2D eigenvalue weighted by molar-refractivity contribution is -0.0606. The van der Waals surface area contributed by atoms with Crippen molar-refractivity contribution in [3.8, 4) is 0 Å². The van der Waals surface area contributed by atoms with Crippen LogP contribution in [0.4, 0.5) is 0 Å². The van der Waals surface area contributed by atoms with Crippen molar-refractivity contribution in [3.63, 3.8) is 0 Å². The van der Waals surface area contributed by atoms with Crippen molar-refractivity contribution in [2.75, 3.05) is 0 Å². The highest BCUT2D eigenvalue weighted by Gasteiger charge is 2.51. The molecular weight excluding hydrogens is 215 g/mol. The lowest BCUT2D eigenvalue weighted by atomic mass is 9.90. The molecule has 0 aromatic rings. The van der Waals surface area contributed by atoms with Gasteiger partial charge in [-0.25, -0.2) is 0 Å². The summed E-state index contributed by atoms with van der Waals surface area (Å²) < 4.78 is 6.06. The summed E-state index contributed by atoms with van der Waals surface area (Å²) in [5.41, 5.74) is 0.867. The summed E-state index contributed by atoms with van der Waals surface area (Å²) in [6.07, 6.45) is 4.90. The van der Waals surface area contributed by atoms with Gasteiger partial charge in [0.15, 0.2) is 0 Å². The van der Waals surface area contributed by atoms with E-state index in [1.165, 1.54) is 19.3 Å². The minimum Gasteiger partial charge on any atom is -0.375 e. The zero-order valence-electron chi connectivity index (χ0n) is 11.7. The third-order valence-electron chi connectivity index (χ3n) is 4.17. The number of hydrogen-bond acceptors (Lipinski definition) is 1. The maximum absolute atomic E-state index is 6.06. The van der Waals surface area contributed by atoms with E-state index in [4.69, 9.17) is 4.74 Å². The lowest BCUT2D eigenvalue weighted by Crippen LogP contribution is -2.50. The van der Waals surface area contributed by atoms with Crippen LogP contribution in [0.25, 0.3) is 0 Å². The van der Waals surface area contributed by atoms with Crippen LogP contribution in [-0.4, -0.2) is 28.2 Å². The van der Waals surface area contributed by atoms with Crippen molar-refractivity contribution in [1.82, 2.24) is 0 Å². The highest BCUT2D eigenvalue weighted by atomic mass is 31.1. The lowest BCUT2D eigenvalue weighted by Gasteiger charge is -2.57. The molecule has 2 aliphatic heterocycles. The van der Waals surface area contributed by atoms with E-state index in [2.05, 4.69) is 41.5 Å². The van der Waals surface area contributed by atoms with Crippen molar-refractivity contribution in [3.05, 3.63) is 0 Å². The van der Waals surface area contributed by atoms with Gasteiger partial charge >= 0.3 is 0 Å². The quantitative estimate of drug-likeness (QED) is 0.573. The first-order valence-corrected chi connectivity index (χ1v) is 8.08. The van der Waals surface area contributed by atoms with Crippen molar-refractivity contribution in [2.45, 2.75) is 89.0 Å². The van der Waals surface area contributed by atoms with Gasteiger partial charge in [0.2, 0.25) is 0 Å². The van der Waals surface area contributed by atoms with Crippen molar-refractivity contribution >= 4 is 7.92 Å². The van der Waals surface area contributed by atoms with Gasteiger partial charge in [0.1, 0.15) is 0 Å². The minimum absolute atomic E-state index is 0.0984. The van der Waals surface area contributed by atoms with Gasteiger partial charge in [-0.15, -0.1) is 0 Å². The summed E-state index contributed by atoms with van der Waals surface area (Å²) in [6, 6.07) is 0. The molecule has 94 valence electrons. The van der Waals surface area contributed by atoms with Crippen LogP contribution in [0.15, 0.2) is 0 Å². The standard InChI is InChI=1S/C14H27OP/c1-10-8-14(6)9-12(15-10)7-11(2)16(14)13(3,4)5/h10-12H,7-9H2,1-6H3. The first kappa shape index (κ1) is 12.8. The van der Waals surface area contributed by atoms with Crippen LogP contribution in [0, 0.1) is 0 Å². The Kier molecular flexibility index (Phi) is 3.17. The van der Waals surface area contributed by atoms with Gasteiger partial charge in [0, 0.05) is 0 Å². The predicted octanol–water partition coefficient (Wildman–Crippen LogP) is 4.39. The molecule has 0 aromatic heterocycles. The normalized spacial score (nSPS) is 49.1. The van der Waals surface area contributed by atoms with Gasteiger partial charge in [-0.3, -0.25) is 0 Å². The average Bonchev–Trinajstić information content (AvgIpc) is 1.94. The van der Waals surface area contributed by atoms with Crippen LogP contribution >= 0.6 is 7.92 Å². The molecule has 0 N–H and O–H groups in total. The highest BCUT2D eigenvalue weighted by molar-refractivity contribution is 7.61. The first-order chi connectivity index (χ1) is 7.22. The van der Waals surface area contributed by atoms with Crippen LogP contribution in [0.2, 0.25) is 0 Å². The predicted molar refractivity (Wildman–Crippen MR) is 72.7 cm³/mol. The molecule has 5 unspecified atom stereocenters. The van der Waals surface area contributed by atoms with E-state index in [1.54, 1.807) is 0 Å². The molecule has 2 fully saturated rings. The Hall–Kier alpha value is 0.390. The van der Waals surface area contributed by atoms with Gasteiger partial charge in [0.25, 0.3) is 0 Å². The van der Waals surface area contributed by atoms with Gasteiger partial charge < -0.3 is 4.74 Å². The van der Waals surface area contributed by atoms with Crippen molar-refractivity contribution < 1.29 is 4.74 Å². The fourth-order valence-electron chi connectivity index (χ4n) is 4.44. The fourth-order valence-corrected chi connectivity index (χ4v) is 9.75. The molecule has 2 aliphatic rings. The molecule has 2 saturated heterocycles. The molecule has 2 bridgehead atoms. The number of ether oxygens (including phenoxy) is 1. The minimum atomic E-state index is 0.0984. The maximum Gasteiger partial charge on any atom is 0.0593 e. The van der Waals surface area contributed by atoms with Crippen LogP contribution in [0.5, 0.6) is 0 Å². The van der Waals surface area contributed by atoms with Crippen molar-refractivity contribution in [1.29, 1.82) is 0 Å². The first-order valence-electron chi connectivity index (χ1n) is 6.67. The van der Waals surface area contributed by atoms with Crippen LogP contribution in [0.3, 0.4) is 0 Å². The molecule has 5 atom stereocenters. The zero-order chi connectivity index (χ0) is 12.1. The molecule has 16 heavy (non-hydrogen) atoms. The van der Waals surface area contributed by atoms with E-state index in [9.17, 15) is 0 Å². The van der Waals surface area contributed by atoms with Crippen LogP contribution < -0.4 is 0 Å². The zero-order valence-corrected chi connectivity index (χ0v) is 12.6. The van der Waals surface area contributed by atoms with E-state index >= 15 is 0 Å². The summed E-state index contributed by atoms with van der Waals surface area (Å²) in [7, 11) is 0.0984. The second-order valence-corrected chi connectivity index (χ2v) is 11.1. The topological polar surface area (TPSA) is 9.23 Å². The molecule has 0 aromatic carbocycles. The number of fused-ring (bicyclic) bond motifs is 2. The van der Waals surface area contributed by atoms with Gasteiger partial charge in [0.05, 0.1) is 12.2 Å². The Morgan fingerprint density at radius 1 is 1.19 bits per heavy atom. The molecule has 0 amide bonds. The molecule has 0 saturated carbocycles. The number of rotatable bonds is 0. The van der Waals surface area contributed by atoms with E-state index in [0.29, 0.717) is 22.5 Å². The second-order valence-electron chi connectivity index (χ2n) is 7.10. The molecule has 0 radical (unpaired) electrons. The Morgan fingerprint density at radius 2 is 1.81 bits per heavy atom. The van der Waals surface area contributed by atoms with E-state index in [0.717, 1.165) is 5.66 Å². The molecular formula is C14H27OP. The van der Waals surface area contributed by atoms with Crippen LogP contribution in [-0.2, 0) is 4.74 Å². The van der Waals surface area contributed by atoms with Crippen LogP contribution in [0.1, 0.15) is 60.8 Å². The maximum atomic E-state index is 6.06. The van der Waals surface area contributed by atoms with Crippen molar-refractivity contribution in [2.24, 2.45) is 0 Å². The molecule has 2 rings (SSSR count). The molecule has 2 heteroatoms. The molecule has 1 nitrogen and oxygen atoms in total. The number of hydrogen-bond donors (Lipinski definition) is 0. The summed E-state index contributed by atoms with van der Waals surface area (Å²) in [4.78, 5) is 0.